The third kappa shape index (κ3) is 3.37. The number of carbonyl (C=O) groups excluding carboxylic acids is 1. The zero-order chi connectivity index (χ0) is 16.2. The summed E-state index contributed by atoms with van der Waals surface area (Å²) in [4.78, 5) is 13.3. The van der Waals surface area contributed by atoms with Crippen molar-refractivity contribution in [2.24, 2.45) is 0 Å². The van der Waals surface area contributed by atoms with Gasteiger partial charge in [0.05, 0.1) is 27.3 Å². The molecule has 1 N–H and O–H groups in total. The first-order chi connectivity index (χ1) is 11.2. The summed E-state index contributed by atoms with van der Waals surface area (Å²) in [5.74, 6) is 0.375. The fraction of sp³-hybridized carbons (Fsp3) is 0.316. The van der Waals surface area contributed by atoms with Gasteiger partial charge in [0.2, 0.25) is 0 Å². The molecule has 0 fully saturated rings. The van der Waals surface area contributed by atoms with Crippen LogP contribution in [0.4, 0.5) is 0 Å². The van der Waals surface area contributed by atoms with Gasteiger partial charge in [0, 0.05) is 5.75 Å². The quantitative estimate of drug-likeness (QED) is 0.932. The Labute approximate surface area is 139 Å². The molecule has 0 saturated carbocycles. The first-order valence-corrected chi connectivity index (χ1v) is 9.38. The van der Waals surface area contributed by atoms with E-state index < -0.39 is 10.8 Å². The van der Waals surface area contributed by atoms with Crippen LogP contribution in [0.15, 0.2) is 53.4 Å². The lowest BCUT2D eigenvalue weighted by Gasteiger charge is -2.26. The number of fused-ring (bicyclic) bond motifs is 1. The van der Waals surface area contributed by atoms with E-state index in [-0.39, 0.29) is 11.9 Å². The standard InChI is InChI=1S/C19H21NO2S/c1-2-23(22)18-13-6-5-11-16(18)19(21)20-17-12-7-9-14-8-3-4-10-15(14)17/h3-6,8,10-11,13,17H,2,7,9,12H2,1H3,(H,20,21)/t17-,23-/m0/s1. The van der Waals surface area contributed by atoms with Crippen molar-refractivity contribution in [1.29, 1.82) is 0 Å². The Morgan fingerprint density at radius 2 is 1.91 bits per heavy atom. The minimum atomic E-state index is -1.14. The first-order valence-electron chi connectivity index (χ1n) is 8.06. The lowest BCUT2D eigenvalue weighted by molar-refractivity contribution is 0.0929. The SMILES string of the molecule is CC[S@](=O)c1ccccc1C(=O)N[C@H]1CCCc2ccccc21. The Hall–Kier alpha value is -1.94. The zero-order valence-corrected chi connectivity index (χ0v) is 14.1. The molecule has 120 valence electrons. The van der Waals surface area contributed by atoms with Crippen molar-refractivity contribution in [1.82, 2.24) is 5.32 Å². The number of rotatable bonds is 4. The average molecular weight is 327 g/mol. The maximum Gasteiger partial charge on any atom is 0.252 e. The molecular weight excluding hydrogens is 306 g/mol. The molecule has 1 amide bonds. The van der Waals surface area contributed by atoms with Gasteiger partial charge in [-0.3, -0.25) is 9.00 Å². The Kier molecular flexibility index (Phi) is 4.91. The molecule has 3 nitrogen and oxygen atoms in total. The highest BCUT2D eigenvalue weighted by atomic mass is 32.2. The van der Waals surface area contributed by atoms with Crippen molar-refractivity contribution in [3.63, 3.8) is 0 Å². The van der Waals surface area contributed by atoms with Crippen LogP contribution in [-0.2, 0) is 17.2 Å². The highest BCUT2D eigenvalue weighted by Crippen LogP contribution is 2.30. The molecule has 2 atom stereocenters. The van der Waals surface area contributed by atoms with Gasteiger partial charge < -0.3 is 5.32 Å². The van der Waals surface area contributed by atoms with E-state index in [2.05, 4.69) is 17.4 Å². The molecular formula is C19H21NO2S. The van der Waals surface area contributed by atoms with Gasteiger partial charge in [-0.2, -0.15) is 0 Å². The van der Waals surface area contributed by atoms with Gasteiger partial charge >= 0.3 is 0 Å². The molecule has 0 spiro atoms. The lowest BCUT2D eigenvalue weighted by Crippen LogP contribution is -2.31. The van der Waals surface area contributed by atoms with Crippen LogP contribution in [0.5, 0.6) is 0 Å². The third-order valence-electron chi connectivity index (χ3n) is 4.31. The number of benzene rings is 2. The topological polar surface area (TPSA) is 46.2 Å². The summed E-state index contributed by atoms with van der Waals surface area (Å²) in [5.41, 5.74) is 3.05. The Balaban J connectivity index is 1.85. The summed E-state index contributed by atoms with van der Waals surface area (Å²) in [5, 5.41) is 3.14. The van der Waals surface area contributed by atoms with Crippen LogP contribution in [0.3, 0.4) is 0 Å². The smallest absolute Gasteiger partial charge is 0.252 e. The van der Waals surface area contributed by atoms with Crippen LogP contribution >= 0.6 is 0 Å². The summed E-state index contributed by atoms with van der Waals surface area (Å²) in [6.07, 6.45) is 3.09. The molecule has 2 aromatic rings. The predicted molar refractivity (Wildman–Crippen MR) is 93.0 cm³/mol. The van der Waals surface area contributed by atoms with Gasteiger partial charge in [0.25, 0.3) is 5.91 Å². The number of nitrogens with one attached hydrogen (secondary N) is 1. The molecule has 0 radical (unpaired) electrons. The van der Waals surface area contributed by atoms with Crippen molar-refractivity contribution < 1.29 is 9.00 Å². The van der Waals surface area contributed by atoms with Gasteiger partial charge in [0.1, 0.15) is 0 Å². The van der Waals surface area contributed by atoms with Crippen molar-refractivity contribution in [2.45, 2.75) is 37.1 Å². The van der Waals surface area contributed by atoms with Crippen molar-refractivity contribution >= 4 is 16.7 Å². The monoisotopic (exact) mass is 327 g/mol. The van der Waals surface area contributed by atoms with Crippen LogP contribution in [0.25, 0.3) is 0 Å². The molecule has 2 aromatic carbocycles. The van der Waals surface area contributed by atoms with Gasteiger partial charge in [-0.25, -0.2) is 0 Å². The highest BCUT2D eigenvalue weighted by Gasteiger charge is 2.23. The molecule has 0 saturated heterocycles. The van der Waals surface area contributed by atoms with Crippen LogP contribution in [0, 0.1) is 0 Å². The van der Waals surface area contributed by atoms with Crippen LogP contribution < -0.4 is 5.32 Å². The largest absolute Gasteiger partial charge is 0.345 e. The van der Waals surface area contributed by atoms with Crippen molar-refractivity contribution in [3.8, 4) is 0 Å². The van der Waals surface area contributed by atoms with E-state index in [0.717, 1.165) is 19.3 Å². The fourth-order valence-corrected chi connectivity index (χ4v) is 4.10. The molecule has 4 heteroatoms. The molecule has 0 aliphatic heterocycles. The molecule has 1 aliphatic carbocycles. The minimum Gasteiger partial charge on any atom is -0.345 e. The molecule has 1 aliphatic rings. The minimum absolute atomic E-state index is 0.0376. The summed E-state index contributed by atoms with van der Waals surface area (Å²) in [6, 6.07) is 15.5. The molecule has 0 bridgehead atoms. The van der Waals surface area contributed by atoms with E-state index in [1.54, 1.807) is 12.1 Å². The second-order valence-electron chi connectivity index (χ2n) is 5.75. The maximum absolute atomic E-state index is 12.7. The van der Waals surface area contributed by atoms with E-state index in [4.69, 9.17) is 0 Å². The van der Waals surface area contributed by atoms with Crippen LogP contribution in [0.2, 0.25) is 0 Å². The Morgan fingerprint density at radius 3 is 2.74 bits per heavy atom. The number of aryl methyl sites for hydroxylation is 1. The van der Waals surface area contributed by atoms with Gasteiger partial charge in [-0.05, 0) is 42.5 Å². The number of amides is 1. The molecule has 3 rings (SSSR count). The van der Waals surface area contributed by atoms with E-state index >= 15 is 0 Å². The Morgan fingerprint density at radius 1 is 1.17 bits per heavy atom. The van der Waals surface area contributed by atoms with Gasteiger partial charge in [-0.15, -0.1) is 0 Å². The molecule has 0 aromatic heterocycles. The second-order valence-corrected chi connectivity index (χ2v) is 7.46. The van der Waals surface area contributed by atoms with E-state index in [1.165, 1.54) is 11.1 Å². The summed E-state index contributed by atoms with van der Waals surface area (Å²) in [6.45, 7) is 1.86. The summed E-state index contributed by atoms with van der Waals surface area (Å²) >= 11 is 0. The van der Waals surface area contributed by atoms with E-state index in [1.807, 2.05) is 31.2 Å². The van der Waals surface area contributed by atoms with E-state index in [9.17, 15) is 9.00 Å². The van der Waals surface area contributed by atoms with Crippen LogP contribution in [0.1, 0.15) is 47.3 Å². The Bertz CT molecular complexity index is 742. The predicted octanol–water partition coefficient (Wildman–Crippen LogP) is 3.62. The molecule has 0 heterocycles. The highest BCUT2D eigenvalue weighted by molar-refractivity contribution is 7.85. The number of carbonyl (C=O) groups is 1. The third-order valence-corrected chi connectivity index (χ3v) is 5.68. The first kappa shape index (κ1) is 15.9. The zero-order valence-electron chi connectivity index (χ0n) is 13.2. The van der Waals surface area contributed by atoms with Crippen molar-refractivity contribution in [3.05, 3.63) is 65.2 Å². The normalized spacial score (nSPS) is 18.0. The van der Waals surface area contributed by atoms with Crippen molar-refractivity contribution in [2.75, 3.05) is 5.75 Å². The van der Waals surface area contributed by atoms with Crippen LogP contribution in [-0.4, -0.2) is 15.9 Å². The summed E-state index contributed by atoms with van der Waals surface area (Å²) < 4.78 is 12.2. The second kappa shape index (κ2) is 7.09. The lowest BCUT2D eigenvalue weighted by atomic mass is 9.87. The number of hydrogen-bond acceptors (Lipinski definition) is 2. The number of hydrogen-bond donors (Lipinski definition) is 1. The fourth-order valence-electron chi connectivity index (χ4n) is 3.15. The maximum atomic E-state index is 12.7. The molecule has 0 unspecified atom stereocenters. The van der Waals surface area contributed by atoms with Gasteiger partial charge in [0.15, 0.2) is 0 Å². The van der Waals surface area contributed by atoms with Gasteiger partial charge in [-0.1, -0.05) is 43.3 Å². The summed E-state index contributed by atoms with van der Waals surface area (Å²) in [7, 11) is -1.14. The van der Waals surface area contributed by atoms with E-state index in [0.29, 0.717) is 16.2 Å². The average Bonchev–Trinajstić information content (AvgIpc) is 2.61. The molecule has 23 heavy (non-hydrogen) atoms.